The lowest BCUT2D eigenvalue weighted by molar-refractivity contribution is 0.439. The van der Waals surface area contributed by atoms with E-state index in [9.17, 15) is 17.6 Å². The van der Waals surface area contributed by atoms with Gasteiger partial charge in [-0.15, -0.1) is 0 Å². The first-order valence-corrected chi connectivity index (χ1v) is 6.35. The minimum atomic E-state index is -1.56. The zero-order valence-corrected chi connectivity index (χ0v) is 11.4. The Morgan fingerprint density at radius 1 is 1.05 bits per heavy atom. The van der Waals surface area contributed by atoms with Crippen molar-refractivity contribution in [1.29, 1.82) is 0 Å². The molecule has 0 aliphatic carbocycles. The van der Waals surface area contributed by atoms with Crippen molar-refractivity contribution in [1.82, 2.24) is 5.43 Å². The normalized spacial score (nSPS) is 12.5. The molecule has 7 heteroatoms. The highest BCUT2D eigenvalue weighted by Gasteiger charge is 2.18. The third-order valence-electron chi connectivity index (χ3n) is 3.07. The number of rotatable bonds is 4. The van der Waals surface area contributed by atoms with Gasteiger partial charge < -0.3 is 0 Å². The fourth-order valence-corrected chi connectivity index (χ4v) is 2.18. The molecule has 2 nitrogen and oxygen atoms in total. The summed E-state index contributed by atoms with van der Waals surface area (Å²) in [6.07, 6.45) is 0.0810. The van der Waals surface area contributed by atoms with Crippen molar-refractivity contribution in [3.63, 3.8) is 0 Å². The van der Waals surface area contributed by atoms with Gasteiger partial charge in [0.15, 0.2) is 17.5 Å². The minimum absolute atomic E-state index is 0.0810. The van der Waals surface area contributed by atoms with Crippen LogP contribution < -0.4 is 11.3 Å². The molecule has 0 bridgehead atoms. The molecular formula is C14H11ClF4N2. The number of nitrogens with one attached hydrogen (secondary N) is 1. The smallest absolute Gasteiger partial charge is 0.194 e. The SMILES string of the molecule is NNC(Cc1cccc(F)c1Cl)c1cc(F)c(F)c(F)c1. The zero-order chi connectivity index (χ0) is 15.6. The fraction of sp³-hybridized carbons (Fsp3) is 0.143. The summed E-state index contributed by atoms with van der Waals surface area (Å²) >= 11 is 5.82. The molecule has 0 heterocycles. The Balaban J connectivity index is 2.34. The molecule has 0 amide bonds. The average molecular weight is 319 g/mol. The molecule has 0 saturated carbocycles. The highest BCUT2D eigenvalue weighted by atomic mass is 35.5. The predicted molar refractivity (Wildman–Crippen MR) is 71.5 cm³/mol. The lowest BCUT2D eigenvalue weighted by Crippen LogP contribution is -2.30. The Bertz CT molecular complexity index is 640. The molecule has 2 rings (SSSR count). The van der Waals surface area contributed by atoms with Gasteiger partial charge >= 0.3 is 0 Å². The highest BCUT2D eigenvalue weighted by Crippen LogP contribution is 2.26. The van der Waals surface area contributed by atoms with Gasteiger partial charge in [0.05, 0.1) is 11.1 Å². The Morgan fingerprint density at radius 2 is 1.67 bits per heavy atom. The molecule has 0 spiro atoms. The van der Waals surface area contributed by atoms with Crippen LogP contribution in [0.5, 0.6) is 0 Å². The van der Waals surface area contributed by atoms with Crippen LogP contribution in [-0.4, -0.2) is 0 Å². The number of hydrogen-bond acceptors (Lipinski definition) is 2. The van der Waals surface area contributed by atoms with Gasteiger partial charge in [-0.1, -0.05) is 23.7 Å². The minimum Gasteiger partial charge on any atom is -0.271 e. The van der Waals surface area contributed by atoms with Crippen LogP contribution in [-0.2, 0) is 6.42 Å². The monoisotopic (exact) mass is 318 g/mol. The Morgan fingerprint density at radius 3 is 2.24 bits per heavy atom. The Labute approximate surface area is 123 Å². The second-order valence-corrected chi connectivity index (χ2v) is 4.81. The van der Waals surface area contributed by atoms with Crippen LogP contribution >= 0.6 is 11.6 Å². The van der Waals surface area contributed by atoms with Crippen molar-refractivity contribution in [2.24, 2.45) is 5.84 Å². The van der Waals surface area contributed by atoms with E-state index < -0.39 is 29.3 Å². The van der Waals surface area contributed by atoms with E-state index in [1.165, 1.54) is 12.1 Å². The third kappa shape index (κ3) is 3.34. The van der Waals surface area contributed by atoms with Crippen LogP contribution in [0.1, 0.15) is 17.2 Å². The molecule has 3 N–H and O–H groups in total. The van der Waals surface area contributed by atoms with Gasteiger partial charge in [-0.3, -0.25) is 11.3 Å². The van der Waals surface area contributed by atoms with Gasteiger partial charge in [0.25, 0.3) is 0 Å². The quantitative estimate of drug-likeness (QED) is 0.391. The zero-order valence-electron chi connectivity index (χ0n) is 10.6. The highest BCUT2D eigenvalue weighted by molar-refractivity contribution is 6.31. The maximum Gasteiger partial charge on any atom is 0.194 e. The van der Waals surface area contributed by atoms with E-state index in [1.807, 2.05) is 0 Å². The molecule has 0 aromatic heterocycles. The van der Waals surface area contributed by atoms with Crippen LogP contribution in [0.25, 0.3) is 0 Å². The van der Waals surface area contributed by atoms with E-state index >= 15 is 0 Å². The summed E-state index contributed by atoms with van der Waals surface area (Å²) in [5.41, 5.74) is 2.85. The van der Waals surface area contributed by atoms with Crippen molar-refractivity contribution in [3.05, 3.63) is 69.8 Å². The Kier molecular flexibility index (Phi) is 4.82. The molecule has 0 aliphatic heterocycles. The summed E-state index contributed by atoms with van der Waals surface area (Å²) in [6.45, 7) is 0. The summed E-state index contributed by atoms with van der Waals surface area (Å²) in [4.78, 5) is 0. The number of hydrazine groups is 1. The van der Waals surface area contributed by atoms with E-state index in [2.05, 4.69) is 5.43 Å². The van der Waals surface area contributed by atoms with E-state index in [0.29, 0.717) is 5.56 Å². The summed E-state index contributed by atoms with van der Waals surface area (Å²) in [7, 11) is 0. The number of benzene rings is 2. The van der Waals surface area contributed by atoms with Crippen molar-refractivity contribution in [2.45, 2.75) is 12.5 Å². The van der Waals surface area contributed by atoms with E-state index in [-0.39, 0.29) is 17.0 Å². The number of nitrogens with two attached hydrogens (primary N) is 1. The molecule has 112 valence electrons. The van der Waals surface area contributed by atoms with E-state index in [1.54, 1.807) is 6.07 Å². The first kappa shape index (κ1) is 15.8. The van der Waals surface area contributed by atoms with Gasteiger partial charge in [0.2, 0.25) is 0 Å². The lowest BCUT2D eigenvalue weighted by Gasteiger charge is -2.18. The second-order valence-electron chi connectivity index (χ2n) is 4.43. The number of halogens is 5. The van der Waals surface area contributed by atoms with Gasteiger partial charge in [-0.2, -0.15) is 0 Å². The summed E-state index contributed by atoms with van der Waals surface area (Å²) < 4.78 is 52.8. The third-order valence-corrected chi connectivity index (χ3v) is 3.49. The first-order chi connectivity index (χ1) is 9.93. The topological polar surface area (TPSA) is 38.0 Å². The van der Waals surface area contributed by atoms with Crippen molar-refractivity contribution in [3.8, 4) is 0 Å². The predicted octanol–water partition coefficient (Wildman–Crippen LogP) is 3.64. The molecular weight excluding hydrogens is 308 g/mol. The van der Waals surface area contributed by atoms with Gasteiger partial charge in [-0.25, -0.2) is 17.6 Å². The molecule has 0 aliphatic rings. The standard InChI is InChI=1S/C14H11ClF4N2/c15-13-7(2-1-3-9(13)16)6-12(21-20)8-4-10(17)14(19)11(18)5-8/h1-5,12,21H,6,20H2. The molecule has 1 unspecified atom stereocenters. The lowest BCUT2D eigenvalue weighted by atomic mass is 9.99. The maximum absolute atomic E-state index is 13.4. The van der Waals surface area contributed by atoms with Crippen LogP contribution in [0.2, 0.25) is 5.02 Å². The van der Waals surface area contributed by atoms with Crippen molar-refractivity contribution < 1.29 is 17.6 Å². The van der Waals surface area contributed by atoms with Gasteiger partial charge in [0, 0.05) is 0 Å². The molecule has 1 atom stereocenters. The Hall–Kier alpha value is -1.63. The summed E-state index contributed by atoms with van der Waals surface area (Å²) in [6, 6.07) is 5.11. The van der Waals surface area contributed by atoms with Gasteiger partial charge in [0.1, 0.15) is 5.82 Å². The molecule has 2 aromatic carbocycles. The van der Waals surface area contributed by atoms with E-state index in [4.69, 9.17) is 17.4 Å². The molecule has 0 saturated heterocycles. The summed E-state index contributed by atoms with van der Waals surface area (Å²) in [5.74, 6) is 0.539. The number of hydrogen-bond donors (Lipinski definition) is 2. The molecule has 2 aromatic rings. The van der Waals surface area contributed by atoms with Crippen LogP contribution in [0.4, 0.5) is 17.6 Å². The van der Waals surface area contributed by atoms with E-state index in [0.717, 1.165) is 12.1 Å². The van der Waals surface area contributed by atoms with Gasteiger partial charge in [-0.05, 0) is 35.7 Å². The molecule has 21 heavy (non-hydrogen) atoms. The fourth-order valence-electron chi connectivity index (χ4n) is 1.98. The van der Waals surface area contributed by atoms with Crippen LogP contribution in [0, 0.1) is 23.3 Å². The van der Waals surface area contributed by atoms with Crippen LogP contribution in [0.3, 0.4) is 0 Å². The average Bonchev–Trinajstić information content (AvgIpc) is 2.46. The molecule has 0 fully saturated rings. The first-order valence-electron chi connectivity index (χ1n) is 5.97. The summed E-state index contributed by atoms with van der Waals surface area (Å²) in [5, 5.41) is -0.0965. The maximum atomic E-state index is 13.4. The largest absolute Gasteiger partial charge is 0.271 e. The van der Waals surface area contributed by atoms with Crippen molar-refractivity contribution >= 4 is 11.6 Å². The second kappa shape index (κ2) is 6.43. The van der Waals surface area contributed by atoms with Crippen molar-refractivity contribution in [2.75, 3.05) is 0 Å². The molecule has 0 radical (unpaired) electrons. The van der Waals surface area contributed by atoms with Crippen LogP contribution in [0.15, 0.2) is 30.3 Å².